The number of hydroxylamine groups is 2. The molecule has 0 atom stereocenters. The first-order chi connectivity index (χ1) is 12.2. The van der Waals surface area contributed by atoms with Gasteiger partial charge in [0.1, 0.15) is 0 Å². The fraction of sp³-hybridized carbons (Fsp3) is 0. The zero-order valence-electron chi connectivity index (χ0n) is 12.4. The first-order valence-electron chi connectivity index (χ1n) is 6.75. The molecule has 8 nitrogen and oxygen atoms in total. The Bertz CT molecular complexity index is 1010. The average molecular weight is 690 g/mol. The van der Waals surface area contributed by atoms with E-state index in [0.717, 1.165) is 15.7 Å². The minimum atomic E-state index is -0.919. The number of non-ortho nitro benzene ring substituents is 1. The van der Waals surface area contributed by atoms with Crippen LogP contribution in [0.1, 0.15) is 31.1 Å². The fourth-order valence-electron chi connectivity index (χ4n) is 2.25. The number of nitro groups is 1. The van der Waals surface area contributed by atoms with Gasteiger partial charge in [0.2, 0.25) is 0 Å². The molecule has 0 radical (unpaired) electrons. The van der Waals surface area contributed by atoms with E-state index in [4.69, 9.17) is 4.84 Å². The molecule has 0 bridgehead atoms. The molecule has 1 heterocycles. The predicted octanol–water partition coefficient (Wildman–Crippen LogP) is 3.78. The van der Waals surface area contributed by atoms with Gasteiger partial charge in [-0.25, -0.2) is 4.79 Å². The standard InChI is InChI=1S/C15H5I3N2O6/c16-9-3-4-10(17)12(18)11(9)15(23)26-19-13(21)7-2-1-6(20(24)25)5-8(7)14(19)22/h1-5H. The van der Waals surface area contributed by atoms with Crippen LogP contribution in [0.4, 0.5) is 5.69 Å². The van der Waals surface area contributed by atoms with Crippen LogP contribution in [-0.2, 0) is 4.84 Å². The van der Waals surface area contributed by atoms with Gasteiger partial charge < -0.3 is 4.84 Å². The van der Waals surface area contributed by atoms with Gasteiger partial charge in [-0.3, -0.25) is 19.7 Å². The maximum absolute atomic E-state index is 12.5. The molecule has 2 aromatic carbocycles. The summed E-state index contributed by atoms with van der Waals surface area (Å²) in [5, 5.41) is 11.2. The normalized spacial score (nSPS) is 13.0. The molecule has 0 spiro atoms. The summed E-state index contributed by atoms with van der Waals surface area (Å²) < 4.78 is 2.05. The third-order valence-corrected chi connectivity index (χ3v) is 7.42. The molecule has 11 heteroatoms. The Hall–Kier alpha value is -1.36. The van der Waals surface area contributed by atoms with Crippen molar-refractivity contribution >= 4 is 91.2 Å². The first-order valence-corrected chi connectivity index (χ1v) is 9.99. The lowest BCUT2D eigenvalue weighted by molar-refractivity contribution is -0.384. The van der Waals surface area contributed by atoms with Crippen LogP contribution in [0.5, 0.6) is 0 Å². The third-order valence-electron chi connectivity index (χ3n) is 3.47. The lowest BCUT2D eigenvalue weighted by Crippen LogP contribution is -2.33. The van der Waals surface area contributed by atoms with E-state index in [0.29, 0.717) is 12.2 Å². The summed E-state index contributed by atoms with van der Waals surface area (Å²) in [6.45, 7) is 0. The van der Waals surface area contributed by atoms with Crippen molar-refractivity contribution in [3.8, 4) is 0 Å². The van der Waals surface area contributed by atoms with Crippen LogP contribution < -0.4 is 0 Å². The highest BCUT2D eigenvalue weighted by Gasteiger charge is 2.40. The van der Waals surface area contributed by atoms with Crippen LogP contribution in [-0.4, -0.2) is 27.8 Å². The molecule has 132 valence electrons. The van der Waals surface area contributed by atoms with Gasteiger partial charge in [-0.2, -0.15) is 0 Å². The van der Waals surface area contributed by atoms with E-state index in [1.165, 1.54) is 6.07 Å². The molecular formula is C15H5I3N2O6. The number of carbonyl (C=O) groups is 3. The molecule has 1 aliphatic heterocycles. The Labute approximate surface area is 186 Å². The number of imide groups is 1. The van der Waals surface area contributed by atoms with Gasteiger partial charge in [0.25, 0.3) is 17.5 Å². The first kappa shape index (κ1) is 19.4. The molecule has 3 rings (SSSR count). The van der Waals surface area contributed by atoms with Crippen molar-refractivity contribution < 1.29 is 24.1 Å². The van der Waals surface area contributed by atoms with Gasteiger partial charge in [0.15, 0.2) is 0 Å². The number of rotatable bonds is 3. The Morgan fingerprint density at radius 1 is 1.00 bits per heavy atom. The van der Waals surface area contributed by atoms with Gasteiger partial charge in [-0.05, 0) is 86.0 Å². The van der Waals surface area contributed by atoms with Crippen LogP contribution >= 0.6 is 67.8 Å². The summed E-state index contributed by atoms with van der Waals surface area (Å²) in [5.74, 6) is -2.62. The number of benzene rings is 2. The van der Waals surface area contributed by atoms with E-state index >= 15 is 0 Å². The number of hydrogen-bond acceptors (Lipinski definition) is 6. The maximum Gasteiger partial charge on any atom is 0.366 e. The average Bonchev–Trinajstić information content (AvgIpc) is 2.83. The van der Waals surface area contributed by atoms with Crippen molar-refractivity contribution in [3.05, 3.63) is 67.8 Å². The van der Waals surface area contributed by atoms with Crippen molar-refractivity contribution in [2.24, 2.45) is 0 Å². The number of halogens is 3. The second kappa shape index (κ2) is 7.34. The van der Waals surface area contributed by atoms with Crippen LogP contribution in [0.15, 0.2) is 30.3 Å². The molecule has 0 aromatic heterocycles. The van der Waals surface area contributed by atoms with Gasteiger partial charge >= 0.3 is 5.97 Å². The van der Waals surface area contributed by atoms with Crippen LogP contribution in [0.25, 0.3) is 0 Å². The Morgan fingerprint density at radius 3 is 2.27 bits per heavy atom. The monoisotopic (exact) mass is 690 g/mol. The quantitative estimate of drug-likeness (QED) is 0.160. The van der Waals surface area contributed by atoms with Crippen molar-refractivity contribution in [3.63, 3.8) is 0 Å². The van der Waals surface area contributed by atoms with E-state index in [1.807, 2.05) is 51.2 Å². The zero-order valence-corrected chi connectivity index (χ0v) is 18.8. The summed E-state index contributed by atoms with van der Waals surface area (Å²) in [4.78, 5) is 52.5. The highest BCUT2D eigenvalue weighted by atomic mass is 127. The molecule has 0 N–H and O–H groups in total. The van der Waals surface area contributed by atoms with E-state index in [2.05, 4.69) is 22.6 Å². The highest BCUT2D eigenvalue weighted by molar-refractivity contribution is 14.1. The van der Waals surface area contributed by atoms with Crippen molar-refractivity contribution in [2.75, 3.05) is 0 Å². The Morgan fingerprint density at radius 2 is 1.62 bits per heavy atom. The molecule has 0 saturated heterocycles. The fourth-order valence-corrected chi connectivity index (χ4v) is 4.57. The highest BCUT2D eigenvalue weighted by Crippen LogP contribution is 2.29. The summed E-state index contributed by atoms with van der Waals surface area (Å²) in [6, 6.07) is 6.80. The lowest BCUT2D eigenvalue weighted by Gasteiger charge is -2.14. The molecule has 0 saturated carbocycles. The van der Waals surface area contributed by atoms with Crippen molar-refractivity contribution in [1.82, 2.24) is 5.06 Å². The Kier molecular flexibility index (Phi) is 5.48. The number of carbonyl (C=O) groups excluding carboxylic acids is 3. The largest absolute Gasteiger partial charge is 0.366 e. The lowest BCUT2D eigenvalue weighted by atomic mass is 10.1. The van der Waals surface area contributed by atoms with Gasteiger partial charge in [-0.1, -0.05) is 5.06 Å². The van der Waals surface area contributed by atoms with Gasteiger partial charge in [0, 0.05) is 22.8 Å². The third kappa shape index (κ3) is 3.30. The molecule has 0 fully saturated rings. The van der Waals surface area contributed by atoms with E-state index in [1.54, 1.807) is 6.07 Å². The van der Waals surface area contributed by atoms with Gasteiger partial charge in [-0.15, -0.1) is 0 Å². The van der Waals surface area contributed by atoms with Crippen LogP contribution in [0.2, 0.25) is 0 Å². The Balaban J connectivity index is 1.94. The summed E-state index contributed by atoms with van der Waals surface area (Å²) >= 11 is 5.99. The summed E-state index contributed by atoms with van der Waals surface area (Å²) in [6.07, 6.45) is 0. The van der Waals surface area contributed by atoms with Crippen LogP contribution in [0, 0.1) is 20.8 Å². The van der Waals surface area contributed by atoms with Gasteiger partial charge in [0.05, 0.1) is 21.6 Å². The van der Waals surface area contributed by atoms with E-state index in [-0.39, 0.29) is 22.4 Å². The molecule has 26 heavy (non-hydrogen) atoms. The minimum Gasteiger partial charge on any atom is -0.324 e. The number of fused-ring (bicyclic) bond motifs is 1. The van der Waals surface area contributed by atoms with Crippen molar-refractivity contribution in [2.45, 2.75) is 0 Å². The number of hydrogen-bond donors (Lipinski definition) is 0. The summed E-state index contributed by atoms with van der Waals surface area (Å²) in [7, 11) is 0. The second-order valence-corrected chi connectivity index (χ2v) is 8.39. The topological polar surface area (TPSA) is 107 Å². The molecule has 0 unspecified atom stereocenters. The molecule has 2 aromatic rings. The smallest absolute Gasteiger partial charge is 0.324 e. The van der Waals surface area contributed by atoms with E-state index < -0.39 is 22.7 Å². The molecular weight excluding hydrogens is 685 g/mol. The molecule has 0 aliphatic carbocycles. The molecule has 1 aliphatic rings. The second-order valence-electron chi connectivity index (χ2n) is 4.99. The minimum absolute atomic E-state index is 0.0552. The van der Waals surface area contributed by atoms with Crippen molar-refractivity contribution in [1.29, 1.82) is 0 Å². The molecule has 2 amide bonds. The zero-order chi connectivity index (χ0) is 19.2. The number of amides is 2. The predicted molar refractivity (Wildman–Crippen MR) is 114 cm³/mol. The van der Waals surface area contributed by atoms with Crippen LogP contribution in [0.3, 0.4) is 0 Å². The maximum atomic E-state index is 12.5. The van der Waals surface area contributed by atoms with E-state index in [9.17, 15) is 24.5 Å². The SMILES string of the molecule is O=C(ON1C(=O)c2ccc([N+](=O)[O-])cc2C1=O)c1c(I)ccc(I)c1I. The summed E-state index contributed by atoms with van der Waals surface area (Å²) in [5.41, 5.74) is -0.329. The number of nitro benzene ring substituents is 1. The number of nitrogens with zero attached hydrogens (tertiary/aromatic N) is 2.